The van der Waals surface area contributed by atoms with E-state index >= 15 is 0 Å². The standard InChI is InChI=1S/C26H23N3O3/c1-18-12-13-23(19(2)14-18)29-25(30)17-32-24-11-7-6-8-20(24)15-21(16-27)26(31)28-22-9-4-3-5-10-22/h3-15H,17H2,1-2H3,(H,28,31)(H,29,30)/b21-15+. The van der Waals surface area contributed by atoms with Crippen LogP contribution in [0.15, 0.2) is 78.4 Å². The average molecular weight is 425 g/mol. The highest BCUT2D eigenvalue weighted by Crippen LogP contribution is 2.22. The molecular formula is C26H23N3O3. The predicted octanol–water partition coefficient (Wildman–Crippen LogP) is 4.87. The first kappa shape index (κ1) is 22.3. The minimum atomic E-state index is -0.527. The first-order chi connectivity index (χ1) is 15.5. The number of nitriles is 1. The van der Waals surface area contributed by atoms with Crippen molar-refractivity contribution < 1.29 is 14.3 Å². The molecule has 2 amide bonds. The molecule has 160 valence electrons. The molecule has 0 fully saturated rings. The van der Waals surface area contributed by atoms with Gasteiger partial charge in [-0.25, -0.2) is 0 Å². The lowest BCUT2D eigenvalue weighted by Crippen LogP contribution is -2.21. The van der Waals surface area contributed by atoms with Crippen LogP contribution in [0.4, 0.5) is 11.4 Å². The topological polar surface area (TPSA) is 91.2 Å². The van der Waals surface area contributed by atoms with Crippen LogP contribution in [0.5, 0.6) is 5.75 Å². The van der Waals surface area contributed by atoms with E-state index in [4.69, 9.17) is 4.74 Å². The van der Waals surface area contributed by atoms with E-state index in [0.717, 1.165) is 16.8 Å². The molecule has 6 nitrogen and oxygen atoms in total. The van der Waals surface area contributed by atoms with Gasteiger partial charge in [0.25, 0.3) is 11.8 Å². The van der Waals surface area contributed by atoms with Crippen LogP contribution in [0.2, 0.25) is 0 Å². The Labute approximate surface area is 187 Å². The number of rotatable bonds is 7. The quantitative estimate of drug-likeness (QED) is 0.417. The fraction of sp³-hybridized carbons (Fsp3) is 0.115. The maximum absolute atomic E-state index is 12.5. The predicted molar refractivity (Wildman–Crippen MR) is 125 cm³/mol. The SMILES string of the molecule is Cc1ccc(NC(=O)COc2ccccc2/C=C(\C#N)C(=O)Nc2ccccc2)c(C)c1. The number of carbonyl (C=O) groups excluding carboxylic acids is 2. The average Bonchev–Trinajstić information content (AvgIpc) is 2.79. The van der Waals surface area contributed by atoms with Gasteiger partial charge in [0.05, 0.1) is 0 Å². The molecule has 0 saturated heterocycles. The minimum Gasteiger partial charge on any atom is -0.483 e. The molecule has 0 aromatic heterocycles. The Morgan fingerprint density at radius 3 is 2.41 bits per heavy atom. The van der Waals surface area contributed by atoms with Crippen molar-refractivity contribution >= 4 is 29.3 Å². The second-order valence-corrected chi connectivity index (χ2v) is 7.18. The molecule has 0 unspecified atom stereocenters. The van der Waals surface area contributed by atoms with E-state index in [1.165, 1.54) is 6.08 Å². The molecule has 0 saturated carbocycles. The highest BCUT2D eigenvalue weighted by molar-refractivity contribution is 6.09. The molecule has 0 aliphatic carbocycles. The van der Waals surface area contributed by atoms with Crippen molar-refractivity contribution in [3.8, 4) is 11.8 Å². The van der Waals surface area contributed by atoms with Gasteiger partial charge in [-0.05, 0) is 49.8 Å². The highest BCUT2D eigenvalue weighted by Gasteiger charge is 2.12. The molecule has 2 N–H and O–H groups in total. The molecule has 6 heteroatoms. The van der Waals surface area contributed by atoms with Gasteiger partial charge < -0.3 is 15.4 Å². The zero-order valence-corrected chi connectivity index (χ0v) is 17.9. The van der Waals surface area contributed by atoms with Crippen molar-refractivity contribution in [2.45, 2.75) is 13.8 Å². The summed E-state index contributed by atoms with van der Waals surface area (Å²) in [5, 5.41) is 15.0. The number of nitrogens with zero attached hydrogens (tertiary/aromatic N) is 1. The van der Waals surface area contributed by atoms with Crippen molar-refractivity contribution in [1.29, 1.82) is 5.26 Å². The number of aryl methyl sites for hydroxylation is 2. The number of amides is 2. The Morgan fingerprint density at radius 1 is 0.969 bits per heavy atom. The third-order valence-corrected chi connectivity index (χ3v) is 4.63. The van der Waals surface area contributed by atoms with E-state index in [-0.39, 0.29) is 18.1 Å². The van der Waals surface area contributed by atoms with Gasteiger partial charge in [0.1, 0.15) is 17.4 Å². The van der Waals surface area contributed by atoms with E-state index in [2.05, 4.69) is 10.6 Å². The second kappa shape index (κ2) is 10.6. The molecule has 3 aromatic carbocycles. The smallest absolute Gasteiger partial charge is 0.266 e. The third kappa shape index (κ3) is 6.07. The van der Waals surface area contributed by atoms with Crippen molar-refractivity contribution in [1.82, 2.24) is 0 Å². The van der Waals surface area contributed by atoms with Crippen LogP contribution in [0.3, 0.4) is 0 Å². The molecule has 0 bridgehead atoms. The molecule has 3 rings (SSSR count). The molecule has 0 aliphatic heterocycles. The van der Waals surface area contributed by atoms with E-state index in [0.29, 0.717) is 17.0 Å². The summed E-state index contributed by atoms with van der Waals surface area (Å²) < 4.78 is 5.68. The monoisotopic (exact) mass is 425 g/mol. The first-order valence-corrected chi connectivity index (χ1v) is 10.0. The molecular weight excluding hydrogens is 402 g/mol. The molecule has 0 spiro atoms. The summed E-state index contributed by atoms with van der Waals surface area (Å²) in [6.45, 7) is 3.70. The number of benzene rings is 3. The maximum Gasteiger partial charge on any atom is 0.266 e. The molecule has 0 radical (unpaired) electrons. The summed E-state index contributed by atoms with van der Waals surface area (Å²) in [5.41, 5.74) is 3.83. The number of hydrogen-bond donors (Lipinski definition) is 2. The Balaban J connectivity index is 1.69. The summed E-state index contributed by atoms with van der Waals surface area (Å²) in [6.07, 6.45) is 1.44. The lowest BCUT2D eigenvalue weighted by Gasteiger charge is -2.12. The Bertz CT molecular complexity index is 1190. The van der Waals surface area contributed by atoms with Crippen molar-refractivity contribution in [2.75, 3.05) is 17.2 Å². The van der Waals surface area contributed by atoms with Gasteiger partial charge in [-0.2, -0.15) is 5.26 Å². The van der Waals surface area contributed by atoms with E-state index in [9.17, 15) is 14.9 Å². The number of ether oxygens (including phenoxy) is 1. The summed E-state index contributed by atoms with van der Waals surface area (Å²) in [6, 6.07) is 23.5. The van der Waals surface area contributed by atoms with E-state index in [1.54, 1.807) is 48.5 Å². The summed E-state index contributed by atoms with van der Waals surface area (Å²) in [4.78, 5) is 24.8. The van der Waals surface area contributed by atoms with Crippen molar-refractivity contribution in [3.63, 3.8) is 0 Å². The van der Waals surface area contributed by atoms with Gasteiger partial charge in [0, 0.05) is 16.9 Å². The largest absolute Gasteiger partial charge is 0.483 e. The number of hydrogen-bond acceptors (Lipinski definition) is 4. The number of carbonyl (C=O) groups is 2. The highest BCUT2D eigenvalue weighted by atomic mass is 16.5. The van der Waals surface area contributed by atoms with Crippen molar-refractivity contribution in [3.05, 3.63) is 95.1 Å². The zero-order valence-electron chi connectivity index (χ0n) is 17.9. The first-order valence-electron chi connectivity index (χ1n) is 10.0. The third-order valence-electron chi connectivity index (χ3n) is 4.63. The molecule has 0 atom stereocenters. The molecule has 32 heavy (non-hydrogen) atoms. The van der Waals surface area contributed by atoms with Crippen LogP contribution < -0.4 is 15.4 Å². The van der Waals surface area contributed by atoms with E-state index < -0.39 is 5.91 Å². The second-order valence-electron chi connectivity index (χ2n) is 7.18. The van der Waals surface area contributed by atoms with Gasteiger partial charge in [0.2, 0.25) is 0 Å². The van der Waals surface area contributed by atoms with Crippen molar-refractivity contribution in [2.24, 2.45) is 0 Å². The lowest BCUT2D eigenvalue weighted by molar-refractivity contribution is -0.118. The van der Waals surface area contributed by atoms with Crippen LogP contribution in [-0.2, 0) is 9.59 Å². The van der Waals surface area contributed by atoms with E-state index in [1.807, 2.05) is 44.2 Å². The number of anilines is 2. The van der Waals surface area contributed by atoms with Crippen LogP contribution in [0, 0.1) is 25.2 Å². The van der Waals surface area contributed by atoms with Gasteiger partial charge in [-0.15, -0.1) is 0 Å². The lowest BCUT2D eigenvalue weighted by atomic mass is 10.1. The van der Waals surface area contributed by atoms with Crippen LogP contribution in [-0.4, -0.2) is 18.4 Å². The molecule has 3 aromatic rings. The Morgan fingerprint density at radius 2 is 1.69 bits per heavy atom. The summed E-state index contributed by atoms with van der Waals surface area (Å²) in [7, 11) is 0. The maximum atomic E-state index is 12.5. The Kier molecular flexibility index (Phi) is 7.39. The molecule has 0 heterocycles. The van der Waals surface area contributed by atoms with Gasteiger partial charge in [-0.3, -0.25) is 9.59 Å². The summed E-state index contributed by atoms with van der Waals surface area (Å²) in [5.74, 6) is -0.442. The van der Waals surface area contributed by atoms with Crippen LogP contribution >= 0.6 is 0 Å². The Hall–Kier alpha value is -4.37. The summed E-state index contributed by atoms with van der Waals surface area (Å²) >= 11 is 0. The minimum absolute atomic E-state index is 0.0790. The van der Waals surface area contributed by atoms with Gasteiger partial charge in [-0.1, -0.05) is 54.1 Å². The number of nitrogens with one attached hydrogen (secondary N) is 2. The van der Waals surface area contributed by atoms with Crippen LogP contribution in [0.25, 0.3) is 6.08 Å². The normalized spacial score (nSPS) is 10.7. The molecule has 0 aliphatic rings. The van der Waals surface area contributed by atoms with Gasteiger partial charge >= 0.3 is 0 Å². The van der Waals surface area contributed by atoms with Gasteiger partial charge in [0.15, 0.2) is 6.61 Å². The van der Waals surface area contributed by atoms with Crippen LogP contribution in [0.1, 0.15) is 16.7 Å². The zero-order chi connectivity index (χ0) is 22.9. The number of para-hydroxylation sites is 2. The fourth-order valence-corrected chi connectivity index (χ4v) is 3.04. The fourth-order valence-electron chi connectivity index (χ4n) is 3.04.